The van der Waals surface area contributed by atoms with Crippen LogP contribution in [0.25, 0.3) is 21.0 Å². The van der Waals surface area contributed by atoms with Crippen LogP contribution in [0.4, 0.5) is 5.13 Å². The number of rotatable bonds is 7. The van der Waals surface area contributed by atoms with Crippen LogP contribution in [0.5, 0.6) is 5.75 Å². The third-order valence-corrected chi connectivity index (χ3v) is 6.27. The number of hydrogen-bond donors (Lipinski definition) is 0. The van der Waals surface area contributed by atoms with Gasteiger partial charge in [-0.15, -0.1) is 0 Å². The van der Waals surface area contributed by atoms with Crippen molar-refractivity contribution in [3.05, 3.63) is 65.2 Å². The Kier molecular flexibility index (Phi) is 6.41. The smallest absolute Gasteiger partial charge is 0.266 e. The standard InChI is InChI=1S/C24H24ClN3O2S/c1-16-12-19(25)14-21-23(16)26-24(31-21)28(11-10-27(2)3)22(29)15-30-20-9-8-17-6-4-5-7-18(17)13-20/h4-9,12-14H,10-11,15H2,1-3H3. The van der Waals surface area contributed by atoms with E-state index in [1.807, 2.05) is 74.4 Å². The van der Waals surface area contributed by atoms with Gasteiger partial charge in [0.15, 0.2) is 11.7 Å². The molecule has 3 aromatic carbocycles. The molecule has 160 valence electrons. The van der Waals surface area contributed by atoms with Gasteiger partial charge in [-0.25, -0.2) is 4.98 Å². The van der Waals surface area contributed by atoms with Gasteiger partial charge in [-0.2, -0.15) is 0 Å². The molecule has 0 spiro atoms. The van der Waals surface area contributed by atoms with E-state index in [9.17, 15) is 4.79 Å². The Morgan fingerprint density at radius 3 is 2.61 bits per heavy atom. The molecule has 0 aliphatic carbocycles. The van der Waals surface area contributed by atoms with E-state index in [0.29, 0.717) is 22.4 Å². The van der Waals surface area contributed by atoms with Crippen molar-refractivity contribution >= 4 is 55.0 Å². The first-order chi connectivity index (χ1) is 14.9. The fourth-order valence-corrected chi connectivity index (χ4v) is 4.83. The number of thiazole rings is 1. The maximum Gasteiger partial charge on any atom is 0.266 e. The van der Waals surface area contributed by atoms with Crippen molar-refractivity contribution in [1.82, 2.24) is 9.88 Å². The van der Waals surface area contributed by atoms with Crippen LogP contribution < -0.4 is 9.64 Å². The lowest BCUT2D eigenvalue weighted by Gasteiger charge is -2.22. The zero-order valence-electron chi connectivity index (χ0n) is 17.8. The van der Waals surface area contributed by atoms with Crippen LogP contribution in [0, 0.1) is 6.92 Å². The van der Waals surface area contributed by atoms with Gasteiger partial charge < -0.3 is 9.64 Å². The number of benzene rings is 3. The summed E-state index contributed by atoms with van der Waals surface area (Å²) in [5.74, 6) is 0.546. The predicted molar refractivity (Wildman–Crippen MR) is 130 cm³/mol. The number of hydrogen-bond acceptors (Lipinski definition) is 5. The highest BCUT2D eigenvalue weighted by Gasteiger charge is 2.21. The zero-order valence-corrected chi connectivity index (χ0v) is 19.3. The van der Waals surface area contributed by atoms with Crippen LogP contribution in [0.2, 0.25) is 5.02 Å². The summed E-state index contributed by atoms with van der Waals surface area (Å²) in [6, 6.07) is 17.7. The fraction of sp³-hybridized carbons (Fsp3) is 0.250. The van der Waals surface area contributed by atoms with Crippen LogP contribution in [-0.2, 0) is 4.79 Å². The molecule has 7 heteroatoms. The summed E-state index contributed by atoms with van der Waals surface area (Å²) in [6.45, 7) is 3.17. The number of halogens is 1. The number of anilines is 1. The molecule has 0 aliphatic rings. The molecular formula is C24H24ClN3O2S. The van der Waals surface area contributed by atoms with Gasteiger partial charge in [0.05, 0.1) is 10.2 Å². The Balaban J connectivity index is 1.56. The molecule has 0 N–H and O–H groups in total. The average molecular weight is 454 g/mol. The Labute approximate surface area is 190 Å². The van der Waals surface area contributed by atoms with E-state index in [0.717, 1.165) is 33.1 Å². The third kappa shape index (κ3) is 4.98. The molecule has 1 aromatic heterocycles. The summed E-state index contributed by atoms with van der Waals surface area (Å²) in [5, 5.41) is 3.55. The van der Waals surface area contributed by atoms with Gasteiger partial charge in [-0.05, 0) is 61.6 Å². The largest absolute Gasteiger partial charge is 0.484 e. The number of amides is 1. The number of carbonyl (C=O) groups is 1. The molecule has 0 aliphatic heterocycles. The molecule has 1 amide bonds. The second-order valence-electron chi connectivity index (χ2n) is 7.71. The quantitative estimate of drug-likeness (QED) is 0.376. The highest BCUT2D eigenvalue weighted by atomic mass is 35.5. The topological polar surface area (TPSA) is 45.7 Å². The number of fused-ring (bicyclic) bond motifs is 2. The predicted octanol–water partition coefficient (Wildman–Crippen LogP) is 5.38. The lowest BCUT2D eigenvalue weighted by molar-refractivity contribution is -0.120. The average Bonchev–Trinajstić information content (AvgIpc) is 3.16. The summed E-state index contributed by atoms with van der Waals surface area (Å²) < 4.78 is 6.82. The normalized spacial score (nSPS) is 11.4. The van der Waals surface area contributed by atoms with Crippen molar-refractivity contribution < 1.29 is 9.53 Å². The van der Waals surface area contributed by atoms with Crippen LogP contribution in [-0.4, -0.2) is 49.6 Å². The molecule has 0 saturated heterocycles. The van der Waals surface area contributed by atoms with Crippen LogP contribution in [0.3, 0.4) is 0 Å². The van der Waals surface area contributed by atoms with Crippen molar-refractivity contribution in [1.29, 1.82) is 0 Å². The van der Waals surface area contributed by atoms with E-state index >= 15 is 0 Å². The maximum absolute atomic E-state index is 13.1. The molecule has 4 aromatic rings. The Bertz CT molecular complexity index is 1240. The number of nitrogens with zero attached hydrogens (tertiary/aromatic N) is 3. The lowest BCUT2D eigenvalue weighted by atomic mass is 10.1. The first-order valence-electron chi connectivity index (χ1n) is 10.0. The molecule has 0 fully saturated rings. The van der Waals surface area contributed by atoms with Crippen LogP contribution in [0.15, 0.2) is 54.6 Å². The molecule has 0 radical (unpaired) electrons. The van der Waals surface area contributed by atoms with E-state index in [1.165, 1.54) is 11.3 Å². The molecule has 0 bridgehead atoms. The van der Waals surface area contributed by atoms with Gasteiger partial charge in [0.1, 0.15) is 5.75 Å². The van der Waals surface area contributed by atoms with Crippen LogP contribution in [0.1, 0.15) is 5.56 Å². The summed E-state index contributed by atoms with van der Waals surface area (Å²) in [6.07, 6.45) is 0. The van der Waals surface area contributed by atoms with Crippen molar-refractivity contribution in [2.75, 3.05) is 38.7 Å². The third-order valence-electron chi connectivity index (χ3n) is 5.03. The minimum Gasteiger partial charge on any atom is -0.484 e. The highest BCUT2D eigenvalue weighted by molar-refractivity contribution is 7.22. The SMILES string of the molecule is Cc1cc(Cl)cc2sc(N(CCN(C)C)C(=O)COc3ccc4ccccc4c3)nc12. The van der Waals surface area contributed by atoms with Gasteiger partial charge >= 0.3 is 0 Å². The Hall–Kier alpha value is -2.67. The molecule has 0 unspecified atom stereocenters. The second-order valence-corrected chi connectivity index (χ2v) is 9.16. The summed E-state index contributed by atoms with van der Waals surface area (Å²) in [5.41, 5.74) is 1.87. The summed E-state index contributed by atoms with van der Waals surface area (Å²) >= 11 is 7.68. The van der Waals surface area contributed by atoms with Gasteiger partial charge in [0, 0.05) is 18.1 Å². The number of likely N-dealkylation sites (N-methyl/N-ethyl adjacent to an activating group) is 1. The monoisotopic (exact) mass is 453 g/mol. The molecule has 5 nitrogen and oxygen atoms in total. The molecular weight excluding hydrogens is 430 g/mol. The molecule has 31 heavy (non-hydrogen) atoms. The van der Waals surface area contributed by atoms with E-state index in [4.69, 9.17) is 21.3 Å². The number of aryl methyl sites for hydroxylation is 1. The van der Waals surface area contributed by atoms with Crippen LogP contribution >= 0.6 is 22.9 Å². The summed E-state index contributed by atoms with van der Waals surface area (Å²) in [7, 11) is 3.97. The zero-order chi connectivity index (χ0) is 22.0. The molecule has 0 atom stereocenters. The fourth-order valence-electron chi connectivity index (χ4n) is 3.37. The van der Waals surface area contributed by atoms with E-state index in [-0.39, 0.29) is 12.5 Å². The van der Waals surface area contributed by atoms with Crippen molar-refractivity contribution in [2.45, 2.75) is 6.92 Å². The Morgan fingerprint density at radius 1 is 1.06 bits per heavy atom. The number of aromatic nitrogens is 1. The van der Waals surface area contributed by atoms with Gasteiger partial charge in [-0.1, -0.05) is 53.3 Å². The van der Waals surface area contributed by atoms with E-state index < -0.39 is 0 Å². The highest BCUT2D eigenvalue weighted by Crippen LogP contribution is 2.33. The summed E-state index contributed by atoms with van der Waals surface area (Å²) in [4.78, 5) is 21.6. The van der Waals surface area contributed by atoms with E-state index in [1.54, 1.807) is 4.90 Å². The second kappa shape index (κ2) is 9.22. The van der Waals surface area contributed by atoms with Gasteiger partial charge in [0.2, 0.25) is 0 Å². The first-order valence-corrected chi connectivity index (χ1v) is 11.2. The minimum atomic E-state index is -0.127. The van der Waals surface area contributed by atoms with Crippen molar-refractivity contribution in [3.63, 3.8) is 0 Å². The molecule has 0 saturated carbocycles. The van der Waals surface area contributed by atoms with E-state index in [2.05, 4.69) is 6.07 Å². The first kappa shape index (κ1) is 21.6. The number of ether oxygens (including phenoxy) is 1. The van der Waals surface area contributed by atoms with Crippen molar-refractivity contribution in [2.24, 2.45) is 0 Å². The van der Waals surface area contributed by atoms with Crippen molar-refractivity contribution in [3.8, 4) is 5.75 Å². The number of carbonyl (C=O) groups excluding carboxylic acids is 1. The van der Waals surface area contributed by atoms with Gasteiger partial charge in [0.25, 0.3) is 5.91 Å². The Morgan fingerprint density at radius 2 is 1.84 bits per heavy atom. The van der Waals surface area contributed by atoms with Gasteiger partial charge in [-0.3, -0.25) is 9.69 Å². The maximum atomic E-state index is 13.1. The molecule has 4 rings (SSSR count). The molecule has 1 heterocycles. The lowest BCUT2D eigenvalue weighted by Crippen LogP contribution is -2.39. The minimum absolute atomic E-state index is 0.0541.